The molecular formula is C17H17ClN2O3. The summed E-state index contributed by atoms with van der Waals surface area (Å²) in [5.74, 6) is -1.54. The van der Waals surface area contributed by atoms with Gasteiger partial charge in [0, 0.05) is 18.7 Å². The van der Waals surface area contributed by atoms with Crippen LogP contribution in [0.5, 0.6) is 0 Å². The number of halogens is 1. The number of nitrogens with zero attached hydrogens (tertiary/aromatic N) is 1. The van der Waals surface area contributed by atoms with Gasteiger partial charge in [0.1, 0.15) is 0 Å². The van der Waals surface area contributed by atoms with Gasteiger partial charge < -0.3 is 14.5 Å². The highest BCUT2D eigenvalue weighted by atomic mass is 35.5. The third-order valence-electron chi connectivity index (χ3n) is 4.08. The van der Waals surface area contributed by atoms with Crippen molar-refractivity contribution in [2.75, 3.05) is 6.61 Å². The molecule has 6 heteroatoms. The number of ether oxygens (including phenoxy) is 2. The molecule has 0 amide bonds. The second-order valence-corrected chi connectivity index (χ2v) is 6.04. The maximum absolute atomic E-state index is 11.6. The molecule has 1 aliphatic heterocycles. The first-order valence-electron chi connectivity index (χ1n) is 7.59. The van der Waals surface area contributed by atoms with E-state index in [1.807, 2.05) is 6.92 Å². The number of carbonyl (C=O) groups is 1. The highest BCUT2D eigenvalue weighted by molar-refractivity contribution is 6.35. The minimum atomic E-state index is -1.14. The molecule has 0 radical (unpaired) electrons. The summed E-state index contributed by atoms with van der Waals surface area (Å²) in [7, 11) is 0. The first kappa shape index (κ1) is 15.9. The molecule has 0 bridgehead atoms. The SMILES string of the molecule is CCC[C@@]1(OC(C)=O)OCCc2c1[nH]c1c(Cl)ccc(C#N)c21. The Morgan fingerprint density at radius 1 is 1.57 bits per heavy atom. The molecule has 1 atom stereocenters. The number of hydrogen-bond acceptors (Lipinski definition) is 4. The Bertz CT molecular complexity index is 821. The molecule has 0 fully saturated rings. The number of benzene rings is 1. The van der Waals surface area contributed by atoms with Crippen LogP contribution < -0.4 is 0 Å². The molecule has 1 aromatic heterocycles. The Hall–Kier alpha value is -2.03. The van der Waals surface area contributed by atoms with E-state index in [4.69, 9.17) is 21.1 Å². The number of nitrogens with one attached hydrogen (secondary N) is 1. The van der Waals surface area contributed by atoms with Crippen LogP contribution in [0.25, 0.3) is 10.9 Å². The Labute approximate surface area is 139 Å². The largest absolute Gasteiger partial charge is 0.427 e. The molecule has 120 valence electrons. The molecule has 23 heavy (non-hydrogen) atoms. The first-order chi connectivity index (χ1) is 11.0. The van der Waals surface area contributed by atoms with Crippen molar-refractivity contribution in [3.63, 3.8) is 0 Å². The lowest BCUT2D eigenvalue weighted by Gasteiger charge is -2.36. The molecule has 5 nitrogen and oxygen atoms in total. The van der Waals surface area contributed by atoms with Crippen LogP contribution in [0, 0.1) is 11.3 Å². The summed E-state index contributed by atoms with van der Waals surface area (Å²) in [6.07, 6.45) is 1.95. The summed E-state index contributed by atoms with van der Waals surface area (Å²) >= 11 is 6.29. The van der Waals surface area contributed by atoms with E-state index in [-0.39, 0.29) is 0 Å². The van der Waals surface area contributed by atoms with Crippen molar-refractivity contribution >= 4 is 28.5 Å². The van der Waals surface area contributed by atoms with E-state index >= 15 is 0 Å². The number of nitriles is 1. The van der Waals surface area contributed by atoms with Crippen LogP contribution in [0.1, 0.15) is 43.5 Å². The number of carbonyl (C=O) groups excluding carboxylic acids is 1. The second kappa shape index (κ2) is 5.88. The monoisotopic (exact) mass is 332 g/mol. The maximum atomic E-state index is 11.6. The van der Waals surface area contributed by atoms with Gasteiger partial charge in [-0.25, -0.2) is 0 Å². The molecule has 1 aliphatic rings. The number of aromatic nitrogens is 1. The van der Waals surface area contributed by atoms with E-state index in [1.165, 1.54) is 6.92 Å². The molecule has 0 saturated carbocycles. The van der Waals surface area contributed by atoms with Crippen molar-refractivity contribution in [3.8, 4) is 6.07 Å². The zero-order chi connectivity index (χ0) is 16.6. The van der Waals surface area contributed by atoms with Gasteiger partial charge in [-0.05, 0) is 30.5 Å². The lowest BCUT2D eigenvalue weighted by molar-refractivity contribution is -0.247. The number of aromatic amines is 1. The van der Waals surface area contributed by atoms with Crippen LogP contribution in [0.2, 0.25) is 5.02 Å². The van der Waals surface area contributed by atoms with Gasteiger partial charge in [0.2, 0.25) is 0 Å². The van der Waals surface area contributed by atoms with Crippen LogP contribution in [-0.4, -0.2) is 17.6 Å². The van der Waals surface area contributed by atoms with E-state index in [1.54, 1.807) is 12.1 Å². The summed E-state index contributed by atoms with van der Waals surface area (Å²) in [4.78, 5) is 14.9. The van der Waals surface area contributed by atoms with Gasteiger partial charge in [0.25, 0.3) is 5.79 Å². The number of fused-ring (bicyclic) bond motifs is 3. The quantitative estimate of drug-likeness (QED) is 0.868. The van der Waals surface area contributed by atoms with Crippen molar-refractivity contribution in [2.45, 2.75) is 38.9 Å². The molecule has 2 heterocycles. The third-order valence-corrected chi connectivity index (χ3v) is 4.40. The Morgan fingerprint density at radius 3 is 3.00 bits per heavy atom. The van der Waals surface area contributed by atoms with Crippen molar-refractivity contribution in [2.24, 2.45) is 0 Å². The van der Waals surface area contributed by atoms with Crippen molar-refractivity contribution in [1.29, 1.82) is 5.26 Å². The molecule has 2 aromatic rings. The lowest BCUT2D eigenvalue weighted by atomic mass is 9.95. The molecule has 0 spiro atoms. The van der Waals surface area contributed by atoms with E-state index < -0.39 is 11.8 Å². The average molecular weight is 333 g/mol. The second-order valence-electron chi connectivity index (χ2n) is 5.63. The minimum absolute atomic E-state index is 0.406. The number of esters is 1. The van der Waals surface area contributed by atoms with Crippen LogP contribution in [0.3, 0.4) is 0 Å². The molecule has 3 rings (SSSR count). The van der Waals surface area contributed by atoms with E-state index in [9.17, 15) is 10.1 Å². The number of hydrogen-bond donors (Lipinski definition) is 1. The molecule has 0 aliphatic carbocycles. The average Bonchev–Trinajstić information content (AvgIpc) is 2.90. The lowest BCUT2D eigenvalue weighted by Crippen LogP contribution is -2.39. The Kier molecular flexibility index (Phi) is 4.05. The standard InChI is InChI=1S/C17H17ClN2O3/c1-3-7-17(23-10(2)21)16-12(6-8-22-17)14-11(9-19)4-5-13(18)15(14)20-16/h4-5,20H,3,6-8H2,1-2H3/t17-/m0/s1. The summed E-state index contributed by atoms with van der Waals surface area (Å²) in [6.45, 7) is 3.79. The van der Waals surface area contributed by atoms with Gasteiger partial charge >= 0.3 is 5.97 Å². The highest BCUT2D eigenvalue weighted by Gasteiger charge is 2.43. The summed E-state index contributed by atoms with van der Waals surface area (Å²) in [5, 5.41) is 10.7. The minimum Gasteiger partial charge on any atom is -0.427 e. The van der Waals surface area contributed by atoms with Gasteiger partial charge in [0.05, 0.1) is 34.5 Å². The third kappa shape index (κ3) is 2.48. The number of rotatable bonds is 3. The van der Waals surface area contributed by atoms with Crippen LogP contribution in [-0.2, 0) is 26.5 Å². The van der Waals surface area contributed by atoms with Gasteiger partial charge in [-0.15, -0.1) is 0 Å². The summed E-state index contributed by atoms with van der Waals surface area (Å²) in [5.41, 5.74) is 2.88. The molecule has 1 aromatic carbocycles. The van der Waals surface area contributed by atoms with E-state index in [2.05, 4.69) is 11.1 Å². The first-order valence-corrected chi connectivity index (χ1v) is 7.97. The van der Waals surface area contributed by atoms with Gasteiger partial charge in [-0.2, -0.15) is 5.26 Å². The highest BCUT2D eigenvalue weighted by Crippen LogP contribution is 2.43. The van der Waals surface area contributed by atoms with Crippen molar-refractivity contribution in [1.82, 2.24) is 4.98 Å². The van der Waals surface area contributed by atoms with Crippen molar-refractivity contribution < 1.29 is 14.3 Å². The smallest absolute Gasteiger partial charge is 0.305 e. The van der Waals surface area contributed by atoms with E-state index in [0.717, 1.165) is 17.4 Å². The van der Waals surface area contributed by atoms with Crippen LogP contribution >= 0.6 is 11.6 Å². The Balaban J connectivity index is 2.30. The fourth-order valence-electron chi connectivity index (χ4n) is 3.29. The maximum Gasteiger partial charge on any atom is 0.305 e. The molecule has 1 N–H and O–H groups in total. The fraction of sp³-hybridized carbons (Fsp3) is 0.412. The zero-order valence-corrected chi connectivity index (χ0v) is 13.8. The zero-order valence-electron chi connectivity index (χ0n) is 13.0. The topological polar surface area (TPSA) is 75.1 Å². The van der Waals surface area contributed by atoms with Gasteiger partial charge in [0.15, 0.2) is 0 Å². The van der Waals surface area contributed by atoms with Crippen LogP contribution in [0.15, 0.2) is 12.1 Å². The predicted octanol–water partition coefficient (Wildman–Crippen LogP) is 3.78. The molecule has 0 unspecified atom stereocenters. The van der Waals surface area contributed by atoms with E-state index in [0.29, 0.717) is 41.2 Å². The summed E-state index contributed by atoms with van der Waals surface area (Å²) < 4.78 is 11.5. The summed E-state index contributed by atoms with van der Waals surface area (Å²) in [6, 6.07) is 5.61. The van der Waals surface area contributed by atoms with Crippen molar-refractivity contribution in [3.05, 3.63) is 34.0 Å². The van der Waals surface area contributed by atoms with Gasteiger partial charge in [-0.1, -0.05) is 18.5 Å². The van der Waals surface area contributed by atoms with Gasteiger partial charge in [-0.3, -0.25) is 4.79 Å². The van der Waals surface area contributed by atoms with Crippen LogP contribution in [0.4, 0.5) is 0 Å². The Morgan fingerprint density at radius 2 is 2.35 bits per heavy atom. The fourth-order valence-corrected chi connectivity index (χ4v) is 3.49. The normalized spacial score (nSPS) is 20.1. The molecule has 0 saturated heterocycles. The predicted molar refractivity (Wildman–Crippen MR) is 86.0 cm³/mol. The number of H-pyrrole nitrogens is 1. The molecular weight excluding hydrogens is 316 g/mol.